The number of nitrogens with two attached hydrogens (primary N) is 1. The SMILES string of the molecule is COC(=O)c1cc(F)c(OC)nc1Cl.COC(=O)c1cc(F)c(OC)nc1Nc1c(C)ccnc1C(C)C.Cc1ccnc(C(C)C)c1N. The maximum Gasteiger partial charge on any atom is 0.341 e. The number of hydrogen-bond donors (Lipinski definition) is 2. The summed E-state index contributed by atoms with van der Waals surface area (Å²) in [5.74, 6) is -2.71. The molecule has 0 bridgehead atoms. The van der Waals surface area contributed by atoms with Crippen molar-refractivity contribution >= 4 is 40.7 Å². The Balaban J connectivity index is 0.000000282. The van der Waals surface area contributed by atoms with Crippen molar-refractivity contribution in [3.63, 3.8) is 0 Å². The molecular weight excluding hydrogens is 662 g/mol. The number of esters is 2. The first-order valence-corrected chi connectivity index (χ1v) is 15.2. The molecule has 4 heterocycles. The summed E-state index contributed by atoms with van der Waals surface area (Å²) in [5.41, 5.74) is 11.1. The van der Waals surface area contributed by atoms with E-state index >= 15 is 0 Å². The number of nitrogen functional groups attached to an aromatic ring is 1. The van der Waals surface area contributed by atoms with Gasteiger partial charge in [-0.2, -0.15) is 9.97 Å². The van der Waals surface area contributed by atoms with Crippen LogP contribution in [0.1, 0.15) is 82.8 Å². The summed E-state index contributed by atoms with van der Waals surface area (Å²) < 4.78 is 45.6. The number of pyridine rings is 4. The van der Waals surface area contributed by atoms with Gasteiger partial charge in [0.15, 0.2) is 11.6 Å². The van der Waals surface area contributed by atoms with E-state index in [4.69, 9.17) is 26.8 Å². The highest BCUT2D eigenvalue weighted by molar-refractivity contribution is 6.32. The Labute approximate surface area is 289 Å². The van der Waals surface area contributed by atoms with Crippen LogP contribution in [0.25, 0.3) is 0 Å². The number of nitrogens with one attached hydrogen (secondary N) is 1. The number of nitrogens with zero attached hydrogens (tertiary/aromatic N) is 4. The van der Waals surface area contributed by atoms with Gasteiger partial charge in [0.2, 0.25) is 0 Å². The minimum absolute atomic E-state index is 0.0197. The van der Waals surface area contributed by atoms with Gasteiger partial charge in [-0.1, -0.05) is 39.3 Å². The monoisotopic (exact) mass is 702 g/mol. The van der Waals surface area contributed by atoms with Gasteiger partial charge in [-0.25, -0.2) is 18.4 Å². The van der Waals surface area contributed by atoms with Crippen LogP contribution >= 0.6 is 11.6 Å². The molecule has 3 N–H and O–H groups in total. The third-order valence-electron chi connectivity index (χ3n) is 6.80. The molecule has 0 spiro atoms. The molecule has 0 fully saturated rings. The summed E-state index contributed by atoms with van der Waals surface area (Å²) in [4.78, 5) is 39.2. The Kier molecular flexibility index (Phi) is 15.1. The third kappa shape index (κ3) is 10.4. The van der Waals surface area contributed by atoms with Crippen molar-refractivity contribution in [2.24, 2.45) is 0 Å². The Morgan fingerprint density at radius 3 is 1.73 bits per heavy atom. The lowest BCUT2D eigenvalue weighted by atomic mass is 10.0. The molecule has 0 atom stereocenters. The second-order valence-corrected chi connectivity index (χ2v) is 11.3. The van der Waals surface area contributed by atoms with Crippen LogP contribution in [0.2, 0.25) is 5.15 Å². The van der Waals surface area contributed by atoms with Crippen molar-refractivity contribution < 1.29 is 37.3 Å². The molecule has 0 aliphatic carbocycles. The predicted molar refractivity (Wildman–Crippen MR) is 183 cm³/mol. The Hall–Kier alpha value is -5.11. The fourth-order valence-electron chi connectivity index (χ4n) is 4.17. The molecule has 4 aromatic heterocycles. The highest BCUT2D eigenvalue weighted by atomic mass is 35.5. The molecule has 0 aliphatic heterocycles. The van der Waals surface area contributed by atoms with E-state index in [2.05, 4.69) is 48.6 Å². The van der Waals surface area contributed by atoms with E-state index in [0.29, 0.717) is 5.92 Å². The van der Waals surface area contributed by atoms with Crippen molar-refractivity contribution in [3.8, 4) is 11.8 Å². The molecule has 0 radical (unpaired) electrons. The highest BCUT2D eigenvalue weighted by Gasteiger charge is 2.21. The number of methoxy groups -OCH3 is 4. The molecule has 0 aliphatic rings. The average Bonchev–Trinajstić information content (AvgIpc) is 3.07. The van der Waals surface area contributed by atoms with Gasteiger partial charge in [0.1, 0.15) is 22.1 Å². The lowest BCUT2D eigenvalue weighted by Crippen LogP contribution is -2.11. The van der Waals surface area contributed by atoms with E-state index in [1.807, 2.05) is 39.8 Å². The van der Waals surface area contributed by atoms with Crippen LogP contribution in [-0.2, 0) is 9.47 Å². The zero-order chi connectivity index (χ0) is 37.0. The number of halogens is 3. The van der Waals surface area contributed by atoms with Crippen LogP contribution in [-0.4, -0.2) is 60.3 Å². The van der Waals surface area contributed by atoms with E-state index in [9.17, 15) is 18.4 Å². The standard InChI is InChI=1S/C17H20FN3O3.C9H14N2.C8H7ClFNO3/c1-9(2)13-14(10(3)6-7-19-13)20-15-11(17(22)24-5)8-12(18)16(21-15)23-4;1-6(2)9-8(10)7(3)4-5-11-9;1-13-7-5(10)3-4(6(9)11-7)8(12)14-2/h6-9H,1-5H3,(H,20,21);4-6H,10H2,1-3H3;3H,1-2H3. The molecule has 15 heteroatoms. The minimum atomic E-state index is -0.766. The maximum atomic E-state index is 13.9. The average molecular weight is 703 g/mol. The van der Waals surface area contributed by atoms with Crippen molar-refractivity contribution in [1.82, 2.24) is 19.9 Å². The number of anilines is 3. The summed E-state index contributed by atoms with van der Waals surface area (Å²) in [5, 5.41) is 2.93. The van der Waals surface area contributed by atoms with E-state index < -0.39 is 23.6 Å². The van der Waals surface area contributed by atoms with Gasteiger partial charge in [-0.3, -0.25) is 9.97 Å². The fraction of sp³-hybridized carbons (Fsp3) is 0.353. The van der Waals surface area contributed by atoms with Crippen LogP contribution in [0, 0.1) is 25.5 Å². The van der Waals surface area contributed by atoms with Crippen LogP contribution in [0.5, 0.6) is 11.8 Å². The Morgan fingerprint density at radius 1 is 0.776 bits per heavy atom. The van der Waals surface area contributed by atoms with E-state index in [0.717, 1.165) is 46.0 Å². The van der Waals surface area contributed by atoms with Crippen molar-refractivity contribution in [3.05, 3.63) is 87.1 Å². The molecule has 0 saturated heterocycles. The van der Waals surface area contributed by atoms with E-state index in [-0.39, 0.29) is 39.8 Å². The molecule has 0 amide bonds. The van der Waals surface area contributed by atoms with Crippen LogP contribution in [0.15, 0.2) is 36.7 Å². The summed E-state index contributed by atoms with van der Waals surface area (Å²) >= 11 is 5.60. The number of carbonyl (C=O) groups is 2. The number of carbonyl (C=O) groups excluding carboxylic acids is 2. The quantitative estimate of drug-likeness (QED) is 0.139. The number of rotatable bonds is 8. The van der Waals surface area contributed by atoms with Crippen LogP contribution < -0.4 is 20.5 Å². The highest BCUT2D eigenvalue weighted by Crippen LogP contribution is 2.31. The topological polar surface area (TPSA) is 161 Å². The van der Waals surface area contributed by atoms with Crippen LogP contribution in [0.3, 0.4) is 0 Å². The molecular formula is C34H41ClF2N6O6. The van der Waals surface area contributed by atoms with Gasteiger partial charge in [-0.15, -0.1) is 0 Å². The molecule has 4 rings (SSSR count). The second-order valence-electron chi connectivity index (χ2n) is 10.9. The Morgan fingerprint density at radius 2 is 1.24 bits per heavy atom. The number of ether oxygens (including phenoxy) is 4. The van der Waals surface area contributed by atoms with E-state index in [1.54, 1.807) is 12.4 Å². The predicted octanol–water partition coefficient (Wildman–Crippen LogP) is 7.35. The van der Waals surface area contributed by atoms with Gasteiger partial charge >= 0.3 is 11.9 Å². The second kappa shape index (κ2) is 18.4. The summed E-state index contributed by atoms with van der Waals surface area (Å²) in [6.07, 6.45) is 3.52. The van der Waals surface area contributed by atoms with Crippen LogP contribution in [0.4, 0.5) is 26.0 Å². The van der Waals surface area contributed by atoms with Gasteiger partial charge in [0.05, 0.1) is 51.2 Å². The zero-order valence-corrected chi connectivity index (χ0v) is 29.8. The molecule has 12 nitrogen and oxygen atoms in total. The summed E-state index contributed by atoms with van der Waals surface area (Å²) in [7, 11) is 4.95. The Bertz CT molecular complexity index is 1770. The van der Waals surface area contributed by atoms with Crippen molar-refractivity contribution in [2.75, 3.05) is 39.5 Å². The zero-order valence-electron chi connectivity index (χ0n) is 29.1. The molecule has 4 aromatic rings. The van der Waals surface area contributed by atoms with Crippen molar-refractivity contribution in [2.45, 2.75) is 53.4 Å². The first-order valence-electron chi connectivity index (χ1n) is 14.9. The van der Waals surface area contributed by atoms with Gasteiger partial charge in [-0.05, 0) is 61.1 Å². The molecule has 0 aromatic carbocycles. The third-order valence-corrected chi connectivity index (χ3v) is 7.09. The maximum absolute atomic E-state index is 13.9. The molecule has 49 heavy (non-hydrogen) atoms. The molecule has 0 saturated carbocycles. The molecule has 264 valence electrons. The normalized spacial score (nSPS) is 10.3. The summed E-state index contributed by atoms with van der Waals surface area (Å²) in [6, 6.07) is 5.73. The molecule has 0 unspecified atom stereocenters. The number of hydrogen-bond acceptors (Lipinski definition) is 12. The van der Waals surface area contributed by atoms with Gasteiger partial charge in [0, 0.05) is 12.4 Å². The number of aromatic nitrogens is 4. The number of aryl methyl sites for hydroxylation is 2. The van der Waals surface area contributed by atoms with E-state index in [1.165, 1.54) is 28.4 Å². The first-order chi connectivity index (χ1) is 23.1. The summed E-state index contributed by atoms with van der Waals surface area (Å²) in [6.45, 7) is 12.1. The lowest BCUT2D eigenvalue weighted by molar-refractivity contribution is 0.0591. The van der Waals surface area contributed by atoms with Gasteiger partial charge in [0.25, 0.3) is 11.8 Å². The van der Waals surface area contributed by atoms with Crippen molar-refractivity contribution in [1.29, 1.82) is 0 Å². The largest absolute Gasteiger partial charge is 0.479 e. The smallest absolute Gasteiger partial charge is 0.341 e. The fourth-order valence-corrected chi connectivity index (χ4v) is 4.38. The van der Waals surface area contributed by atoms with Gasteiger partial charge < -0.3 is 30.0 Å². The lowest BCUT2D eigenvalue weighted by Gasteiger charge is -2.17. The minimum Gasteiger partial charge on any atom is -0.479 e. The first kappa shape index (κ1) is 40.1.